The van der Waals surface area contributed by atoms with E-state index in [2.05, 4.69) is 53.6 Å². The van der Waals surface area contributed by atoms with Crippen molar-refractivity contribution in [3.63, 3.8) is 0 Å². The molecular weight excluding hydrogens is 214 g/mol. The van der Waals surface area contributed by atoms with Gasteiger partial charge in [0.2, 0.25) is 0 Å². The van der Waals surface area contributed by atoms with Crippen molar-refractivity contribution in [1.82, 2.24) is 10.1 Å². The van der Waals surface area contributed by atoms with Crippen molar-refractivity contribution in [2.45, 2.75) is 33.2 Å². The van der Waals surface area contributed by atoms with E-state index in [0.717, 1.165) is 0 Å². The van der Waals surface area contributed by atoms with Crippen LogP contribution in [0.5, 0.6) is 0 Å². The zero-order valence-electron chi connectivity index (χ0n) is 10.4. The summed E-state index contributed by atoms with van der Waals surface area (Å²) >= 11 is 0. The lowest BCUT2D eigenvalue weighted by Gasteiger charge is -2.06. The first-order chi connectivity index (χ1) is 8.15. The molecule has 4 nitrogen and oxygen atoms in total. The minimum atomic E-state index is 0.468. The minimum Gasteiger partial charge on any atom is -0.334 e. The Morgan fingerprint density at radius 2 is 1.94 bits per heavy atom. The summed E-state index contributed by atoms with van der Waals surface area (Å²) in [6.45, 7) is 6.87. The lowest BCUT2D eigenvalue weighted by Crippen LogP contribution is -2.00. The van der Waals surface area contributed by atoms with E-state index in [1.807, 2.05) is 0 Å². The smallest absolute Gasteiger partial charge is 0.321 e. The first-order valence-electron chi connectivity index (χ1n) is 5.78. The average molecular weight is 231 g/mol. The zero-order valence-corrected chi connectivity index (χ0v) is 10.4. The van der Waals surface area contributed by atoms with Crippen LogP contribution in [0.2, 0.25) is 0 Å². The molecule has 1 N–H and O–H groups in total. The second-order valence-corrected chi connectivity index (χ2v) is 4.40. The van der Waals surface area contributed by atoms with Crippen LogP contribution in [-0.4, -0.2) is 10.1 Å². The Bertz CT molecular complexity index is 474. The third kappa shape index (κ3) is 3.06. The molecule has 17 heavy (non-hydrogen) atoms. The monoisotopic (exact) mass is 231 g/mol. The van der Waals surface area contributed by atoms with Crippen LogP contribution in [0.1, 0.15) is 36.7 Å². The lowest BCUT2D eigenvalue weighted by molar-refractivity contribution is 0.425. The van der Waals surface area contributed by atoms with E-state index in [1.165, 1.54) is 11.1 Å². The van der Waals surface area contributed by atoms with Gasteiger partial charge in [0.15, 0.2) is 5.82 Å². The van der Waals surface area contributed by atoms with E-state index in [-0.39, 0.29) is 0 Å². The number of aromatic nitrogens is 2. The molecule has 1 aromatic heterocycles. The molecule has 0 radical (unpaired) electrons. The second kappa shape index (κ2) is 4.99. The van der Waals surface area contributed by atoms with Gasteiger partial charge in [0.25, 0.3) is 0 Å². The number of aryl methyl sites for hydroxylation is 1. The number of rotatable bonds is 4. The molecule has 4 heteroatoms. The van der Waals surface area contributed by atoms with E-state index in [9.17, 15) is 0 Å². The summed E-state index contributed by atoms with van der Waals surface area (Å²) in [7, 11) is 0. The average Bonchev–Trinajstić information content (AvgIpc) is 2.73. The van der Waals surface area contributed by atoms with Gasteiger partial charge in [-0.05, 0) is 24.0 Å². The quantitative estimate of drug-likeness (QED) is 0.878. The van der Waals surface area contributed by atoms with Gasteiger partial charge in [-0.1, -0.05) is 43.3 Å². The number of benzene rings is 1. The molecule has 0 bridgehead atoms. The van der Waals surface area contributed by atoms with Crippen molar-refractivity contribution in [1.29, 1.82) is 0 Å². The zero-order chi connectivity index (χ0) is 12.3. The summed E-state index contributed by atoms with van der Waals surface area (Å²) in [6.07, 6.45) is 0. The van der Waals surface area contributed by atoms with Gasteiger partial charge < -0.3 is 9.84 Å². The van der Waals surface area contributed by atoms with Crippen LogP contribution in [0.4, 0.5) is 6.01 Å². The van der Waals surface area contributed by atoms with Crippen LogP contribution < -0.4 is 5.32 Å². The summed E-state index contributed by atoms with van der Waals surface area (Å²) in [5.74, 6) is 1.21. The minimum absolute atomic E-state index is 0.468. The maximum absolute atomic E-state index is 4.98. The molecule has 0 aliphatic heterocycles. The number of anilines is 1. The van der Waals surface area contributed by atoms with Crippen LogP contribution >= 0.6 is 0 Å². The molecule has 2 rings (SSSR count). The van der Waals surface area contributed by atoms with E-state index in [1.54, 1.807) is 6.92 Å². The van der Waals surface area contributed by atoms with Gasteiger partial charge in [-0.25, -0.2) is 0 Å². The molecule has 0 aliphatic carbocycles. The highest BCUT2D eigenvalue weighted by molar-refractivity contribution is 5.28. The SMILES string of the molecule is Cc1noc(NCc2ccc(C(C)C)cc2)n1. The van der Waals surface area contributed by atoms with Crippen molar-refractivity contribution >= 4 is 6.01 Å². The normalized spacial score (nSPS) is 10.8. The molecule has 90 valence electrons. The fourth-order valence-corrected chi connectivity index (χ4v) is 1.57. The molecule has 0 unspecified atom stereocenters. The van der Waals surface area contributed by atoms with Gasteiger partial charge in [-0.2, -0.15) is 4.98 Å². The maximum Gasteiger partial charge on any atom is 0.321 e. The van der Waals surface area contributed by atoms with Crippen molar-refractivity contribution < 1.29 is 4.52 Å². The van der Waals surface area contributed by atoms with Crippen molar-refractivity contribution in [2.24, 2.45) is 0 Å². The molecule has 0 fully saturated rings. The standard InChI is InChI=1S/C13H17N3O/c1-9(2)12-6-4-11(5-7-12)8-14-13-15-10(3)16-17-13/h4-7,9H,8H2,1-3H3,(H,14,15,16). The van der Waals surface area contributed by atoms with E-state index in [0.29, 0.717) is 24.3 Å². The fourth-order valence-electron chi connectivity index (χ4n) is 1.57. The van der Waals surface area contributed by atoms with Gasteiger partial charge >= 0.3 is 6.01 Å². The molecular formula is C13H17N3O. The molecule has 1 heterocycles. The maximum atomic E-state index is 4.98. The fraction of sp³-hybridized carbons (Fsp3) is 0.385. The van der Waals surface area contributed by atoms with Crippen LogP contribution in [0.3, 0.4) is 0 Å². The molecule has 2 aromatic rings. The summed E-state index contributed by atoms with van der Waals surface area (Å²) in [5.41, 5.74) is 2.55. The predicted molar refractivity (Wildman–Crippen MR) is 66.9 cm³/mol. The highest BCUT2D eigenvalue weighted by Crippen LogP contribution is 2.15. The number of hydrogen-bond acceptors (Lipinski definition) is 4. The molecule has 0 saturated carbocycles. The van der Waals surface area contributed by atoms with E-state index >= 15 is 0 Å². The van der Waals surface area contributed by atoms with Gasteiger partial charge in [-0.15, -0.1) is 0 Å². The Morgan fingerprint density at radius 1 is 1.24 bits per heavy atom. The van der Waals surface area contributed by atoms with Gasteiger partial charge in [-0.3, -0.25) is 0 Å². The Labute approximate surface area is 101 Å². The highest BCUT2D eigenvalue weighted by Gasteiger charge is 2.02. The summed E-state index contributed by atoms with van der Waals surface area (Å²) < 4.78 is 4.98. The third-order valence-electron chi connectivity index (χ3n) is 2.62. The van der Waals surface area contributed by atoms with Crippen molar-refractivity contribution in [2.75, 3.05) is 5.32 Å². The topological polar surface area (TPSA) is 51.0 Å². The van der Waals surface area contributed by atoms with Crippen LogP contribution in [0.15, 0.2) is 28.8 Å². The molecule has 1 aromatic carbocycles. The van der Waals surface area contributed by atoms with Crippen LogP contribution in [0.25, 0.3) is 0 Å². The molecule has 0 saturated heterocycles. The second-order valence-electron chi connectivity index (χ2n) is 4.40. The third-order valence-corrected chi connectivity index (χ3v) is 2.62. The van der Waals surface area contributed by atoms with Gasteiger partial charge in [0.05, 0.1) is 0 Å². The Morgan fingerprint density at radius 3 is 2.47 bits per heavy atom. The number of hydrogen-bond donors (Lipinski definition) is 1. The highest BCUT2D eigenvalue weighted by atomic mass is 16.5. The van der Waals surface area contributed by atoms with Gasteiger partial charge in [0, 0.05) is 6.54 Å². The molecule has 0 spiro atoms. The molecule has 0 aliphatic rings. The van der Waals surface area contributed by atoms with E-state index in [4.69, 9.17) is 4.52 Å². The molecule has 0 atom stereocenters. The van der Waals surface area contributed by atoms with Gasteiger partial charge in [0.1, 0.15) is 0 Å². The lowest BCUT2D eigenvalue weighted by atomic mass is 10.0. The van der Waals surface area contributed by atoms with E-state index < -0.39 is 0 Å². The molecule has 0 amide bonds. The number of nitrogens with one attached hydrogen (secondary N) is 1. The first-order valence-corrected chi connectivity index (χ1v) is 5.78. The van der Waals surface area contributed by atoms with Crippen LogP contribution in [0, 0.1) is 6.92 Å². The Hall–Kier alpha value is -1.84. The van der Waals surface area contributed by atoms with Crippen molar-refractivity contribution in [3.8, 4) is 0 Å². The predicted octanol–water partition coefficient (Wildman–Crippen LogP) is 3.11. The summed E-state index contributed by atoms with van der Waals surface area (Å²) in [6, 6.07) is 9.01. The summed E-state index contributed by atoms with van der Waals surface area (Å²) in [4.78, 5) is 4.08. The first kappa shape index (κ1) is 11.6. The number of nitrogens with zero attached hydrogens (tertiary/aromatic N) is 2. The Balaban J connectivity index is 1.95. The summed E-state index contributed by atoms with van der Waals surface area (Å²) in [5, 5.41) is 6.81. The largest absolute Gasteiger partial charge is 0.334 e. The van der Waals surface area contributed by atoms with Crippen LogP contribution in [-0.2, 0) is 6.54 Å². The Kier molecular flexibility index (Phi) is 3.42. The van der Waals surface area contributed by atoms with Crippen molar-refractivity contribution in [3.05, 3.63) is 41.2 Å².